The average molecular weight is 354 g/mol. The van der Waals surface area contributed by atoms with Gasteiger partial charge in [0.1, 0.15) is 0 Å². The van der Waals surface area contributed by atoms with Gasteiger partial charge in [0.25, 0.3) is 5.56 Å². The SMILES string of the molecule is CC[C@H](COP(=O)(S)OC)O[C@H](CO)n1ccc(=O)[nH]c1=O. The molecule has 0 amide bonds. The second kappa shape index (κ2) is 8.66. The Bertz CT molecular complexity index is 631. The maximum absolute atomic E-state index is 11.7. The second-order valence-corrected chi connectivity index (χ2v) is 7.30. The molecule has 0 fully saturated rings. The van der Waals surface area contributed by atoms with Crippen molar-refractivity contribution in [2.24, 2.45) is 0 Å². The fraction of sp³-hybridized carbons (Fsp3) is 0.636. The van der Waals surface area contributed by atoms with Crippen molar-refractivity contribution in [1.29, 1.82) is 0 Å². The molecule has 1 unspecified atom stereocenters. The highest BCUT2D eigenvalue weighted by Gasteiger charge is 2.22. The molecule has 11 heteroatoms. The molecule has 0 bridgehead atoms. The highest BCUT2D eigenvalue weighted by molar-refractivity contribution is 8.44. The number of aromatic nitrogens is 2. The molecule has 0 aliphatic rings. The smallest absolute Gasteiger partial charge is 0.385 e. The zero-order chi connectivity index (χ0) is 16.8. The molecular formula is C11H19N2O7PS. The van der Waals surface area contributed by atoms with Gasteiger partial charge in [-0.3, -0.25) is 18.9 Å². The summed E-state index contributed by atoms with van der Waals surface area (Å²) in [6.07, 6.45) is 0.103. The Labute approximate surface area is 131 Å². The monoisotopic (exact) mass is 354 g/mol. The summed E-state index contributed by atoms with van der Waals surface area (Å²) < 4.78 is 27.7. The van der Waals surface area contributed by atoms with Crippen molar-refractivity contribution in [3.8, 4) is 0 Å². The lowest BCUT2D eigenvalue weighted by Gasteiger charge is -2.24. The molecule has 9 nitrogen and oxygen atoms in total. The van der Waals surface area contributed by atoms with Crippen LogP contribution in [0.25, 0.3) is 0 Å². The first kappa shape index (κ1) is 19.1. The van der Waals surface area contributed by atoms with E-state index in [4.69, 9.17) is 9.26 Å². The van der Waals surface area contributed by atoms with E-state index in [9.17, 15) is 19.3 Å². The van der Waals surface area contributed by atoms with Crippen molar-refractivity contribution in [3.63, 3.8) is 0 Å². The Hall–Kier alpha value is -0.900. The molecule has 22 heavy (non-hydrogen) atoms. The van der Waals surface area contributed by atoms with E-state index in [-0.39, 0.29) is 6.61 Å². The van der Waals surface area contributed by atoms with E-state index in [0.717, 1.165) is 10.6 Å². The zero-order valence-corrected chi connectivity index (χ0v) is 14.0. The Morgan fingerprint density at radius 1 is 1.50 bits per heavy atom. The first-order valence-electron chi connectivity index (χ1n) is 6.43. The molecule has 1 rings (SSSR count). The van der Waals surface area contributed by atoms with Gasteiger partial charge in [-0.15, -0.1) is 0 Å². The van der Waals surface area contributed by atoms with E-state index < -0.39 is 37.0 Å². The van der Waals surface area contributed by atoms with E-state index >= 15 is 0 Å². The van der Waals surface area contributed by atoms with Crippen molar-refractivity contribution >= 4 is 19.0 Å². The highest BCUT2D eigenvalue weighted by Crippen LogP contribution is 2.52. The number of nitrogens with one attached hydrogen (secondary N) is 1. The van der Waals surface area contributed by atoms with Crippen LogP contribution in [0.1, 0.15) is 19.6 Å². The zero-order valence-electron chi connectivity index (χ0n) is 12.2. The summed E-state index contributed by atoms with van der Waals surface area (Å²) in [6, 6.07) is 1.14. The number of rotatable bonds is 9. The lowest BCUT2D eigenvalue weighted by Crippen LogP contribution is -2.36. The molecule has 0 aliphatic heterocycles. The number of hydrogen-bond acceptors (Lipinski definition) is 7. The molecule has 1 aromatic rings. The van der Waals surface area contributed by atoms with Gasteiger partial charge in [-0.05, 0) is 6.42 Å². The maximum Gasteiger partial charge on any atom is 0.385 e. The average Bonchev–Trinajstić information content (AvgIpc) is 2.48. The lowest BCUT2D eigenvalue weighted by atomic mass is 10.3. The normalized spacial score (nSPS) is 16.9. The predicted molar refractivity (Wildman–Crippen MR) is 82.2 cm³/mol. The molecular weight excluding hydrogens is 335 g/mol. The summed E-state index contributed by atoms with van der Waals surface area (Å²) in [4.78, 5) is 24.8. The number of hydrogen-bond donors (Lipinski definition) is 3. The topological polar surface area (TPSA) is 120 Å². The fourth-order valence-electron chi connectivity index (χ4n) is 1.56. The predicted octanol–water partition coefficient (Wildman–Crippen LogP) is 0.524. The van der Waals surface area contributed by atoms with Crippen LogP contribution in [0.4, 0.5) is 0 Å². The van der Waals surface area contributed by atoms with E-state index in [1.807, 2.05) is 0 Å². The largest absolute Gasteiger partial charge is 0.392 e. The number of ether oxygens (including phenoxy) is 1. The van der Waals surface area contributed by atoms with Gasteiger partial charge in [-0.25, -0.2) is 9.36 Å². The van der Waals surface area contributed by atoms with Crippen LogP contribution in [-0.4, -0.2) is 41.1 Å². The van der Waals surface area contributed by atoms with Crippen LogP contribution >= 0.6 is 19.0 Å². The summed E-state index contributed by atoms with van der Waals surface area (Å²) in [6.45, 7) is -2.25. The van der Waals surface area contributed by atoms with Gasteiger partial charge >= 0.3 is 12.5 Å². The number of H-pyrrole nitrogens is 1. The second-order valence-electron chi connectivity index (χ2n) is 4.27. The molecule has 1 aromatic heterocycles. The van der Waals surface area contributed by atoms with Gasteiger partial charge in [0, 0.05) is 19.4 Å². The van der Waals surface area contributed by atoms with Gasteiger partial charge in [0.15, 0.2) is 6.23 Å². The first-order valence-corrected chi connectivity index (χ1v) is 9.13. The first-order chi connectivity index (χ1) is 10.3. The van der Waals surface area contributed by atoms with Crippen LogP contribution in [-0.2, 0) is 18.3 Å². The van der Waals surface area contributed by atoms with Crippen LogP contribution in [0.3, 0.4) is 0 Å². The third-order valence-electron chi connectivity index (χ3n) is 2.78. The van der Waals surface area contributed by atoms with Gasteiger partial charge in [-0.1, -0.05) is 19.2 Å². The molecule has 0 saturated carbocycles. The Kier molecular flexibility index (Phi) is 7.54. The van der Waals surface area contributed by atoms with Gasteiger partial charge in [-0.2, -0.15) is 0 Å². The Morgan fingerprint density at radius 2 is 2.18 bits per heavy atom. The fourth-order valence-corrected chi connectivity index (χ4v) is 2.22. The highest BCUT2D eigenvalue weighted by atomic mass is 32.7. The van der Waals surface area contributed by atoms with Crippen molar-refractivity contribution in [1.82, 2.24) is 9.55 Å². The van der Waals surface area contributed by atoms with Crippen LogP contribution in [0.2, 0.25) is 0 Å². The maximum atomic E-state index is 11.7. The van der Waals surface area contributed by atoms with Gasteiger partial charge in [0.2, 0.25) is 0 Å². The molecule has 0 saturated heterocycles. The van der Waals surface area contributed by atoms with Crippen molar-refractivity contribution < 1.29 is 23.5 Å². The van der Waals surface area contributed by atoms with Crippen LogP contribution < -0.4 is 11.2 Å². The summed E-state index contributed by atoms with van der Waals surface area (Å²) >= 11 is 3.72. The third-order valence-corrected chi connectivity index (χ3v) is 4.55. The molecule has 0 aliphatic carbocycles. The van der Waals surface area contributed by atoms with E-state index in [1.54, 1.807) is 6.92 Å². The van der Waals surface area contributed by atoms with E-state index in [0.29, 0.717) is 6.42 Å². The van der Waals surface area contributed by atoms with Crippen LogP contribution in [0.5, 0.6) is 0 Å². The molecule has 0 radical (unpaired) electrons. The minimum atomic E-state index is -3.44. The minimum Gasteiger partial charge on any atom is -0.392 e. The Morgan fingerprint density at radius 3 is 2.68 bits per heavy atom. The number of aromatic amines is 1. The summed E-state index contributed by atoms with van der Waals surface area (Å²) in [5.41, 5.74) is -1.26. The molecule has 0 spiro atoms. The molecule has 1 heterocycles. The number of nitrogens with zero attached hydrogens (tertiary/aromatic N) is 1. The quantitative estimate of drug-likeness (QED) is 0.437. The standard InChI is InChI=1S/C11H19N2O7PS/c1-3-8(7-19-21(17,22)18-2)20-10(6-14)13-5-4-9(15)12-11(13)16/h4-5,8,10,14H,3,6-7H2,1-2H3,(H,17,22)(H,12,15,16)/t8-,10-,21?/m1/s1. The summed E-state index contributed by atoms with van der Waals surface area (Å²) in [5, 5.41) is 9.38. The van der Waals surface area contributed by atoms with Crippen LogP contribution in [0.15, 0.2) is 21.9 Å². The van der Waals surface area contributed by atoms with Crippen molar-refractivity contribution in [3.05, 3.63) is 33.1 Å². The van der Waals surface area contributed by atoms with Crippen molar-refractivity contribution in [2.75, 3.05) is 20.3 Å². The Balaban J connectivity index is 2.80. The van der Waals surface area contributed by atoms with Crippen molar-refractivity contribution in [2.45, 2.75) is 25.7 Å². The molecule has 3 atom stereocenters. The minimum absolute atomic E-state index is 0.0975. The summed E-state index contributed by atoms with van der Waals surface area (Å²) in [7, 11) is 1.20. The summed E-state index contributed by atoms with van der Waals surface area (Å²) in [5.74, 6) is 0. The van der Waals surface area contributed by atoms with E-state index in [2.05, 4.69) is 21.8 Å². The van der Waals surface area contributed by atoms with Crippen LogP contribution in [0, 0.1) is 0 Å². The molecule has 126 valence electrons. The number of aliphatic hydroxyl groups excluding tert-OH is 1. The van der Waals surface area contributed by atoms with Gasteiger partial charge < -0.3 is 14.4 Å². The van der Waals surface area contributed by atoms with Gasteiger partial charge in [0.05, 0.1) is 19.3 Å². The van der Waals surface area contributed by atoms with E-state index in [1.165, 1.54) is 13.3 Å². The number of thiol groups is 1. The lowest BCUT2D eigenvalue weighted by molar-refractivity contribution is -0.0963. The number of aliphatic hydroxyl groups is 1. The molecule has 0 aromatic carbocycles. The molecule has 2 N–H and O–H groups in total. The third kappa shape index (κ3) is 5.71.